The first kappa shape index (κ1) is 22.3. The van der Waals surface area contributed by atoms with Crippen molar-refractivity contribution >= 4 is 28.1 Å². The molecule has 2 aliphatic rings. The van der Waals surface area contributed by atoms with Crippen LogP contribution in [-0.2, 0) is 12.0 Å². The Morgan fingerprint density at radius 2 is 1.86 bits per heavy atom. The van der Waals surface area contributed by atoms with Gasteiger partial charge in [0.15, 0.2) is 16.6 Å². The number of aromatic nitrogens is 2. The summed E-state index contributed by atoms with van der Waals surface area (Å²) in [7, 11) is 0. The molecular formula is C27H25ClN4O2S. The number of rotatable bonds is 9. The van der Waals surface area contributed by atoms with Crippen molar-refractivity contribution in [1.29, 1.82) is 0 Å². The Bertz CT molecular complexity index is 1330. The first-order valence-electron chi connectivity index (χ1n) is 11.7. The molecule has 1 saturated carbocycles. The third-order valence-electron chi connectivity index (χ3n) is 6.50. The number of fused-ring (bicyclic) bond motifs is 1. The molecular weight excluding hydrogens is 480 g/mol. The SMILES string of the molecule is Clc1ccccc1C(NCCc1ccccn1)c1cnc(NC2(c3ccc4c(c3)OCO4)CC2)s1. The molecule has 6 rings (SSSR count). The molecule has 8 heteroatoms. The standard InChI is InChI=1S/C27H25ClN4O2S/c28-21-7-2-1-6-20(21)25(30-14-10-19-5-3-4-13-29-19)24-16-31-26(35-24)32-27(11-12-27)18-8-9-22-23(15-18)34-17-33-22/h1-9,13,15-16,25,30H,10-12,14,17H2,(H,31,32). The normalized spacial score (nSPS) is 16.1. The van der Waals surface area contributed by atoms with Crippen LogP contribution in [0.3, 0.4) is 0 Å². The summed E-state index contributed by atoms with van der Waals surface area (Å²) in [5.41, 5.74) is 3.20. The van der Waals surface area contributed by atoms with Gasteiger partial charge in [0.05, 0.1) is 11.6 Å². The Kier molecular flexibility index (Phi) is 6.06. The van der Waals surface area contributed by atoms with Crippen LogP contribution in [0.15, 0.2) is 73.1 Å². The second-order valence-electron chi connectivity index (χ2n) is 8.82. The van der Waals surface area contributed by atoms with Crippen LogP contribution in [0.1, 0.15) is 40.6 Å². The largest absolute Gasteiger partial charge is 0.454 e. The molecule has 0 bridgehead atoms. The highest BCUT2D eigenvalue weighted by Crippen LogP contribution is 2.51. The number of thiazole rings is 1. The van der Waals surface area contributed by atoms with Crippen molar-refractivity contribution in [3.63, 3.8) is 0 Å². The maximum atomic E-state index is 6.61. The number of hydrogen-bond donors (Lipinski definition) is 2. The lowest BCUT2D eigenvalue weighted by Gasteiger charge is -2.19. The average Bonchev–Trinajstić information content (AvgIpc) is 3.28. The zero-order valence-electron chi connectivity index (χ0n) is 19.0. The second kappa shape index (κ2) is 9.49. The van der Waals surface area contributed by atoms with Crippen LogP contribution in [0, 0.1) is 0 Å². The number of pyridine rings is 1. The van der Waals surface area contributed by atoms with Gasteiger partial charge in [-0.1, -0.05) is 41.9 Å². The van der Waals surface area contributed by atoms with Crippen molar-refractivity contribution < 1.29 is 9.47 Å². The summed E-state index contributed by atoms with van der Waals surface area (Å²) in [5, 5.41) is 9.02. The molecule has 0 radical (unpaired) electrons. The molecule has 1 atom stereocenters. The van der Waals surface area contributed by atoms with E-state index in [1.807, 2.05) is 54.9 Å². The number of ether oxygens (including phenoxy) is 2. The molecule has 1 unspecified atom stereocenters. The summed E-state index contributed by atoms with van der Waals surface area (Å²) in [6.45, 7) is 1.06. The fourth-order valence-corrected chi connectivity index (χ4v) is 5.70. The van der Waals surface area contributed by atoms with Crippen LogP contribution >= 0.6 is 22.9 Å². The van der Waals surface area contributed by atoms with Gasteiger partial charge < -0.3 is 20.1 Å². The van der Waals surface area contributed by atoms with Crippen LogP contribution in [0.5, 0.6) is 11.5 Å². The highest BCUT2D eigenvalue weighted by molar-refractivity contribution is 7.15. The highest BCUT2D eigenvalue weighted by atomic mass is 35.5. The van der Waals surface area contributed by atoms with E-state index in [9.17, 15) is 0 Å². The van der Waals surface area contributed by atoms with E-state index in [4.69, 9.17) is 26.1 Å². The van der Waals surface area contributed by atoms with E-state index in [-0.39, 0.29) is 18.4 Å². The maximum Gasteiger partial charge on any atom is 0.231 e. The molecule has 1 aliphatic heterocycles. The number of benzene rings is 2. The van der Waals surface area contributed by atoms with E-state index in [2.05, 4.69) is 33.8 Å². The number of hydrogen-bond acceptors (Lipinski definition) is 7. The van der Waals surface area contributed by atoms with Gasteiger partial charge in [-0.2, -0.15) is 0 Å². The van der Waals surface area contributed by atoms with Crippen molar-refractivity contribution in [3.05, 3.63) is 99.8 Å². The van der Waals surface area contributed by atoms with Crippen molar-refractivity contribution in [1.82, 2.24) is 15.3 Å². The first-order valence-corrected chi connectivity index (χ1v) is 12.9. The van der Waals surface area contributed by atoms with Crippen LogP contribution in [0.25, 0.3) is 0 Å². The maximum absolute atomic E-state index is 6.61. The van der Waals surface area contributed by atoms with Crippen molar-refractivity contribution in [2.45, 2.75) is 30.8 Å². The molecule has 0 saturated heterocycles. The Balaban J connectivity index is 1.21. The number of nitrogens with zero attached hydrogens (tertiary/aromatic N) is 2. The topological polar surface area (TPSA) is 68.3 Å². The van der Waals surface area contributed by atoms with Crippen LogP contribution in [0.2, 0.25) is 5.02 Å². The zero-order chi connectivity index (χ0) is 23.7. The first-order chi connectivity index (χ1) is 17.2. The Morgan fingerprint density at radius 3 is 2.69 bits per heavy atom. The highest BCUT2D eigenvalue weighted by Gasteiger charge is 2.45. The summed E-state index contributed by atoms with van der Waals surface area (Å²) in [6, 6.07) is 20.1. The number of nitrogens with one attached hydrogen (secondary N) is 2. The van der Waals surface area contributed by atoms with Gasteiger partial charge in [0, 0.05) is 41.0 Å². The minimum atomic E-state index is -0.109. The van der Waals surface area contributed by atoms with E-state index in [0.717, 1.165) is 63.6 Å². The fraction of sp³-hybridized carbons (Fsp3) is 0.259. The van der Waals surface area contributed by atoms with Gasteiger partial charge in [-0.05, 0) is 54.3 Å². The van der Waals surface area contributed by atoms with Crippen LogP contribution in [-0.4, -0.2) is 23.3 Å². The van der Waals surface area contributed by atoms with Gasteiger partial charge in [0.2, 0.25) is 6.79 Å². The molecule has 1 aliphatic carbocycles. The third kappa shape index (κ3) is 4.72. The van der Waals surface area contributed by atoms with Gasteiger partial charge in [-0.3, -0.25) is 4.98 Å². The smallest absolute Gasteiger partial charge is 0.231 e. The summed E-state index contributed by atoms with van der Waals surface area (Å²) in [6.07, 6.45) is 6.72. The Morgan fingerprint density at radius 1 is 1.00 bits per heavy atom. The van der Waals surface area contributed by atoms with Crippen molar-refractivity contribution in [3.8, 4) is 11.5 Å². The average molecular weight is 505 g/mol. The van der Waals surface area contributed by atoms with Gasteiger partial charge in [-0.25, -0.2) is 4.98 Å². The molecule has 0 amide bonds. The van der Waals surface area contributed by atoms with Crippen molar-refractivity contribution in [2.24, 2.45) is 0 Å². The minimum absolute atomic E-state index is 0.0545. The number of halogens is 1. The quantitative estimate of drug-likeness (QED) is 0.294. The summed E-state index contributed by atoms with van der Waals surface area (Å²) < 4.78 is 11.1. The van der Waals surface area contributed by atoms with E-state index >= 15 is 0 Å². The van der Waals surface area contributed by atoms with Gasteiger partial charge >= 0.3 is 0 Å². The lowest BCUT2D eigenvalue weighted by Crippen LogP contribution is -2.24. The van der Waals surface area contributed by atoms with E-state index < -0.39 is 0 Å². The van der Waals surface area contributed by atoms with Gasteiger partial charge in [0.1, 0.15) is 0 Å². The molecule has 2 N–H and O–H groups in total. The Labute approximate surface area is 213 Å². The molecule has 4 aromatic rings. The lowest BCUT2D eigenvalue weighted by molar-refractivity contribution is 0.174. The molecule has 6 nitrogen and oxygen atoms in total. The number of anilines is 1. The van der Waals surface area contributed by atoms with E-state index in [1.54, 1.807) is 11.3 Å². The monoisotopic (exact) mass is 504 g/mol. The van der Waals surface area contributed by atoms with Crippen LogP contribution < -0.4 is 20.1 Å². The lowest BCUT2D eigenvalue weighted by atomic mass is 10.0. The third-order valence-corrected chi connectivity index (χ3v) is 7.82. The Hall–Kier alpha value is -3.13. The van der Waals surface area contributed by atoms with E-state index in [1.165, 1.54) is 5.56 Å². The second-order valence-corrected chi connectivity index (χ2v) is 10.3. The summed E-state index contributed by atoms with van der Waals surface area (Å²) in [4.78, 5) is 10.3. The fourth-order valence-electron chi connectivity index (χ4n) is 4.45. The molecule has 178 valence electrons. The predicted octanol–water partition coefficient (Wildman–Crippen LogP) is 5.94. The zero-order valence-corrected chi connectivity index (χ0v) is 20.6. The van der Waals surface area contributed by atoms with Crippen molar-refractivity contribution in [2.75, 3.05) is 18.7 Å². The molecule has 0 spiro atoms. The molecule has 2 aromatic carbocycles. The molecule has 35 heavy (non-hydrogen) atoms. The predicted molar refractivity (Wildman–Crippen MR) is 138 cm³/mol. The summed E-state index contributed by atoms with van der Waals surface area (Å²) >= 11 is 8.27. The van der Waals surface area contributed by atoms with Gasteiger partial charge in [-0.15, -0.1) is 11.3 Å². The van der Waals surface area contributed by atoms with Gasteiger partial charge in [0.25, 0.3) is 0 Å². The van der Waals surface area contributed by atoms with Crippen LogP contribution in [0.4, 0.5) is 5.13 Å². The molecule has 2 aromatic heterocycles. The van der Waals surface area contributed by atoms with E-state index in [0.29, 0.717) is 0 Å². The minimum Gasteiger partial charge on any atom is -0.454 e. The summed E-state index contributed by atoms with van der Waals surface area (Å²) in [5.74, 6) is 1.62. The molecule has 3 heterocycles. The molecule has 1 fully saturated rings.